The second-order valence-corrected chi connectivity index (χ2v) is 7.54. The molecule has 1 aromatic heterocycles. The first-order chi connectivity index (χ1) is 13.8. The molecule has 0 atom stereocenters. The third-order valence-corrected chi connectivity index (χ3v) is 4.94. The quantitative estimate of drug-likeness (QED) is 0.373. The minimum absolute atomic E-state index is 0.0438. The summed E-state index contributed by atoms with van der Waals surface area (Å²) in [6.45, 7) is 7.78. The molecule has 2 aromatic carbocycles. The molecule has 0 bridgehead atoms. The van der Waals surface area contributed by atoms with Crippen molar-refractivity contribution >= 4 is 40.8 Å². The summed E-state index contributed by atoms with van der Waals surface area (Å²) in [6.07, 6.45) is 1.45. The highest BCUT2D eigenvalue weighted by atomic mass is 32.1. The number of anilines is 2. The Labute approximate surface area is 173 Å². The molecular weight excluding hydrogens is 384 g/mol. The van der Waals surface area contributed by atoms with Crippen molar-refractivity contribution in [2.24, 2.45) is 0 Å². The number of aryl methyl sites for hydroxylation is 4. The zero-order chi connectivity index (χ0) is 21.0. The fourth-order valence-corrected chi connectivity index (χ4v) is 3.32. The standard InChI is InChI=1S/C22H22N4O2S/c1-13-5-7-19(15(3)9-13)23-21(27)18(11-17-12-29-26-25-17)22(28)24-20-8-6-14(2)10-16(20)4/h5-12H,1-4H3,(H,23,27)(H,24,28). The van der Waals surface area contributed by atoms with Crippen LogP contribution in [0, 0.1) is 27.7 Å². The van der Waals surface area contributed by atoms with Crippen LogP contribution in [-0.2, 0) is 9.59 Å². The molecule has 0 aliphatic rings. The summed E-state index contributed by atoms with van der Waals surface area (Å²) in [5.74, 6) is -1.01. The highest BCUT2D eigenvalue weighted by Gasteiger charge is 2.20. The van der Waals surface area contributed by atoms with E-state index in [9.17, 15) is 9.59 Å². The van der Waals surface area contributed by atoms with Crippen LogP contribution in [0.2, 0.25) is 0 Å². The molecule has 3 rings (SSSR count). The first-order valence-corrected chi connectivity index (χ1v) is 9.93. The maximum absolute atomic E-state index is 13.0. The largest absolute Gasteiger partial charge is 0.322 e. The number of nitrogens with zero attached hydrogens (tertiary/aromatic N) is 2. The molecule has 0 aliphatic heterocycles. The molecule has 2 N–H and O–H groups in total. The first-order valence-electron chi connectivity index (χ1n) is 9.09. The van der Waals surface area contributed by atoms with E-state index in [-0.39, 0.29) is 5.57 Å². The second kappa shape index (κ2) is 8.79. The Morgan fingerprint density at radius 3 is 1.79 bits per heavy atom. The molecule has 0 aliphatic carbocycles. The Morgan fingerprint density at radius 1 is 0.862 bits per heavy atom. The minimum atomic E-state index is -0.507. The van der Waals surface area contributed by atoms with E-state index in [4.69, 9.17) is 0 Å². The monoisotopic (exact) mass is 406 g/mol. The second-order valence-electron chi connectivity index (χ2n) is 6.93. The van der Waals surface area contributed by atoms with Crippen LogP contribution in [0.25, 0.3) is 6.08 Å². The van der Waals surface area contributed by atoms with Crippen LogP contribution < -0.4 is 10.6 Å². The normalized spacial score (nSPS) is 10.3. The molecule has 0 saturated carbocycles. The van der Waals surface area contributed by atoms with Crippen LogP contribution in [0.4, 0.5) is 11.4 Å². The Kier molecular flexibility index (Phi) is 6.19. The molecule has 0 spiro atoms. The average molecular weight is 407 g/mol. The SMILES string of the molecule is Cc1ccc(NC(=O)C(=Cc2csnn2)C(=O)Nc2ccc(C)cc2C)c(C)c1. The van der Waals surface area contributed by atoms with E-state index in [2.05, 4.69) is 20.2 Å². The van der Waals surface area contributed by atoms with Crippen LogP contribution in [-0.4, -0.2) is 21.4 Å². The Hall–Kier alpha value is -3.32. The van der Waals surface area contributed by atoms with Crippen LogP contribution in [0.1, 0.15) is 27.9 Å². The predicted molar refractivity (Wildman–Crippen MR) is 117 cm³/mol. The molecule has 0 saturated heterocycles. The first kappa shape index (κ1) is 20.4. The molecule has 2 amide bonds. The zero-order valence-corrected chi connectivity index (χ0v) is 17.6. The molecule has 3 aromatic rings. The zero-order valence-electron chi connectivity index (χ0n) is 16.7. The fraction of sp³-hybridized carbons (Fsp3) is 0.182. The Bertz CT molecular complexity index is 1020. The van der Waals surface area contributed by atoms with Gasteiger partial charge in [-0.3, -0.25) is 9.59 Å². The predicted octanol–water partition coefficient (Wildman–Crippen LogP) is 4.43. The molecule has 0 fully saturated rings. The lowest BCUT2D eigenvalue weighted by Gasteiger charge is -2.13. The van der Waals surface area contributed by atoms with Gasteiger partial charge in [0.25, 0.3) is 11.8 Å². The van der Waals surface area contributed by atoms with Gasteiger partial charge in [0.2, 0.25) is 0 Å². The number of amides is 2. The highest BCUT2D eigenvalue weighted by Crippen LogP contribution is 2.20. The molecular formula is C22H22N4O2S. The summed E-state index contributed by atoms with van der Waals surface area (Å²) in [6, 6.07) is 11.4. The summed E-state index contributed by atoms with van der Waals surface area (Å²) in [4.78, 5) is 25.9. The maximum Gasteiger partial charge on any atom is 0.261 e. The summed E-state index contributed by atoms with van der Waals surface area (Å²) < 4.78 is 3.79. The van der Waals surface area contributed by atoms with Crippen molar-refractivity contribution < 1.29 is 9.59 Å². The highest BCUT2D eigenvalue weighted by molar-refractivity contribution is 7.03. The van der Waals surface area contributed by atoms with Gasteiger partial charge in [0.15, 0.2) is 0 Å². The number of carbonyl (C=O) groups is 2. The fourth-order valence-electron chi connectivity index (χ4n) is 2.90. The number of hydrogen-bond donors (Lipinski definition) is 2. The van der Waals surface area contributed by atoms with Crippen LogP contribution >= 0.6 is 11.5 Å². The van der Waals surface area contributed by atoms with Gasteiger partial charge in [-0.25, -0.2) is 0 Å². The number of carbonyl (C=O) groups excluding carboxylic acids is 2. The molecule has 6 nitrogen and oxygen atoms in total. The van der Waals surface area contributed by atoms with Crippen LogP contribution in [0.15, 0.2) is 47.4 Å². The Morgan fingerprint density at radius 2 is 1.38 bits per heavy atom. The molecule has 1 heterocycles. The average Bonchev–Trinajstić information content (AvgIpc) is 3.17. The third kappa shape index (κ3) is 5.14. The summed E-state index contributed by atoms with van der Waals surface area (Å²) in [5, 5.41) is 11.3. The van der Waals surface area contributed by atoms with Crippen molar-refractivity contribution in [3.05, 3.63) is 75.3 Å². The van der Waals surface area contributed by atoms with Gasteiger partial charge in [-0.05, 0) is 68.6 Å². The summed E-state index contributed by atoms with van der Waals surface area (Å²) >= 11 is 1.15. The van der Waals surface area contributed by atoms with E-state index in [1.54, 1.807) is 5.38 Å². The number of aromatic nitrogens is 2. The van der Waals surface area contributed by atoms with E-state index >= 15 is 0 Å². The molecule has 7 heteroatoms. The van der Waals surface area contributed by atoms with E-state index in [0.29, 0.717) is 17.1 Å². The molecule has 29 heavy (non-hydrogen) atoms. The number of hydrogen-bond acceptors (Lipinski definition) is 5. The van der Waals surface area contributed by atoms with Gasteiger partial charge >= 0.3 is 0 Å². The van der Waals surface area contributed by atoms with Crippen molar-refractivity contribution in [1.82, 2.24) is 9.59 Å². The lowest BCUT2D eigenvalue weighted by Crippen LogP contribution is -2.26. The van der Waals surface area contributed by atoms with Gasteiger partial charge in [-0.1, -0.05) is 39.9 Å². The van der Waals surface area contributed by atoms with E-state index in [1.807, 2.05) is 64.1 Å². The summed E-state index contributed by atoms with van der Waals surface area (Å²) in [5.41, 5.74) is 5.75. The molecule has 0 unspecified atom stereocenters. The van der Waals surface area contributed by atoms with Crippen LogP contribution in [0.5, 0.6) is 0 Å². The van der Waals surface area contributed by atoms with Crippen molar-refractivity contribution in [2.75, 3.05) is 10.6 Å². The minimum Gasteiger partial charge on any atom is -0.322 e. The van der Waals surface area contributed by atoms with Crippen molar-refractivity contribution in [3.8, 4) is 0 Å². The number of rotatable bonds is 5. The van der Waals surface area contributed by atoms with E-state index < -0.39 is 11.8 Å². The van der Waals surface area contributed by atoms with E-state index in [0.717, 1.165) is 33.8 Å². The number of nitrogens with one attached hydrogen (secondary N) is 2. The summed E-state index contributed by atoms with van der Waals surface area (Å²) in [7, 11) is 0. The maximum atomic E-state index is 13.0. The van der Waals surface area contributed by atoms with Gasteiger partial charge in [-0.2, -0.15) is 0 Å². The molecule has 0 radical (unpaired) electrons. The van der Waals surface area contributed by atoms with Crippen molar-refractivity contribution in [3.63, 3.8) is 0 Å². The van der Waals surface area contributed by atoms with Crippen molar-refractivity contribution in [2.45, 2.75) is 27.7 Å². The number of benzene rings is 2. The van der Waals surface area contributed by atoms with E-state index in [1.165, 1.54) is 6.08 Å². The van der Waals surface area contributed by atoms with Gasteiger partial charge in [0, 0.05) is 16.8 Å². The van der Waals surface area contributed by atoms with Gasteiger partial charge in [0.05, 0.1) is 5.69 Å². The smallest absolute Gasteiger partial charge is 0.261 e. The lowest BCUT2D eigenvalue weighted by molar-refractivity contribution is -0.118. The van der Waals surface area contributed by atoms with Gasteiger partial charge in [-0.15, -0.1) is 5.10 Å². The van der Waals surface area contributed by atoms with Crippen molar-refractivity contribution in [1.29, 1.82) is 0 Å². The van der Waals surface area contributed by atoms with Gasteiger partial charge in [0.1, 0.15) is 5.57 Å². The van der Waals surface area contributed by atoms with Crippen LogP contribution in [0.3, 0.4) is 0 Å². The molecule has 148 valence electrons. The Balaban J connectivity index is 1.89. The lowest BCUT2D eigenvalue weighted by atomic mass is 10.1. The topological polar surface area (TPSA) is 84.0 Å². The third-order valence-electron chi connectivity index (χ3n) is 4.42. The van der Waals surface area contributed by atoms with Gasteiger partial charge < -0.3 is 10.6 Å².